The summed E-state index contributed by atoms with van der Waals surface area (Å²) in [6.07, 6.45) is 0.716. The molecule has 0 unspecified atom stereocenters. The van der Waals surface area contributed by atoms with Crippen molar-refractivity contribution in [3.8, 4) is 11.5 Å². The van der Waals surface area contributed by atoms with Crippen LogP contribution in [0.15, 0.2) is 23.1 Å². The highest BCUT2D eigenvalue weighted by atomic mass is 32.2. The maximum absolute atomic E-state index is 12.8. The van der Waals surface area contributed by atoms with E-state index in [1.54, 1.807) is 18.2 Å². The number of benzene rings is 1. The van der Waals surface area contributed by atoms with Crippen molar-refractivity contribution in [3.05, 3.63) is 28.7 Å². The normalized spacial score (nSPS) is 15.5. The van der Waals surface area contributed by atoms with Gasteiger partial charge in [-0.1, -0.05) is 30.9 Å². The molecule has 28 heavy (non-hydrogen) atoms. The number of hydrogen-bond acceptors (Lipinski definition) is 8. The number of carboxylic acids is 1. The van der Waals surface area contributed by atoms with Gasteiger partial charge in [-0.05, 0) is 18.6 Å². The number of methoxy groups -OCH3 is 2. The van der Waals surface area contributed by atoms with Crippen LogP contribution in [0.2, 0.25) is 0 Å². The number of ether oxygens (including phenoxy) is 3. The molecule has 1 aromatic carbocycles. The molecule has 150 valence electrons. The van der Waals surface area contributed by atoms with Crippen molar-refractivity contribution >= 4 is 51.9 Å². The van der Waals surface area contributed by atoms with Gasteiger partial charge in [0.1, 0.15) is 27.3 Å². The molecule has 1 aromatic rings. The summed E-state index contributed by atoms with van der Waals surface area (Å²) in [5.41, 5.74) is 0.372. The van der Waals surface area contributed by atoms with Gasteiger partial charge in [0.15, 0.2) is 5.76 Å². The van der Waals surface area contributed by atoms with E-state index in [2.05, 4.69) is 0 Å². The molecule has 0 atom stereocenters. The second-order valence-corrected chi connectivity index (χ2v) is 7.28. The van der Waals surface area contributed by atoms with Crippen LogP contribution in [0.3, 0.4) is 0 Å². The summed E-state index contributed by atoms with van der Waals surface area (Å²) >= 11 is 6.00. The molecule has 1 aliphatic rings. The Morgan fingerprint density at radius 2 is 1.79 bits per heavy atom. The number of amides is 1. The van der Waals surface area contributed by atoms with Crippen LogP contribution in [-0.4, -0.2) is 52.9 Å². The Balaban J connectivity index is 2.58. The standard InChI is InChI=1S/C18H19NO7S2/c1-4-5-14(22)26-15(10-6-11(24-2)8-12(7-10)25-3)16-17(23)19(9-13(20)21)18(27)28-16/h6-8H,4-5,9H2,1-3H3,(H,20,21)/b16-15-. The fourth-order valence-electron chi connectivity index (χ4n) is 2.35. The molecule has 1 amide bonds. The number of thioether (sulfide) groups is 1. The second kappa shape index (κ2) is 9.56. The Kier molecular flexibility index (Phi) is 7.41. The lowest BCUT2D eigenvalue weighted by Gasteiger charge is -2.14. The molecule has 8 nitrogen and oxygen atoms in total. The fraction of sp³-hybridized carbons (Fsp3) is 0.333. The van der Waals surface area contributed by atoms with E-state index in [9.17, 15) is 14.4 Å². The van der Waals surface area contributed by atoms with Crippen molar-refractivity contribution in [1.29, 1.82) is 0 Å². The molecule has 1 fully saturated rings. The number of hydrogen-bond donors (Lipinski definition) is 1. The van der Waals surface area contributed by atoms with Crippen LogP contribution in [0.5, 0.6) is 11.5 Å². The lowest BCUT2D eigenvalue weighted by atomic mass is 10.1. The Hall–Kier alpha value is -2.59. The van der Waals surface area contributed by atoms with Gasteiger partial charge in [0, 0.05) is 18.1 Å². The molecule has 1 N–H and O–H groups in total. The van der Waals surface area contributed by atoms with E-state index < -0.39 is 24.4 Å². The Labute approximate surface area is 171 Å². The van der Waals surface area contributed by atoms with E-state index >= 15 is 0 Å². The molecule has 1 aliphatic heterocycles. The first kappa shape index (κ1) is 21.7. The molecule has 0 bridgehead atoms. The van der Waals surface area contributed by atoms with Crippen molar-refractivity contribution in [1.82, 2.24) is 4.90 Å². The predicted octanol–water partition coefficient (Wildman–Crippen LogP) is 2.66. The molecule has 2 rings (SSSR count). The van der Waals surface area contributed by atoms with Crippen LogP contribution in [0, 0.1) is 0 Å². The average Bonchev–Trinajstić information content (AvgIpc) is 2.93. The Morgan fingerprint density at radius 1 is 1.18 bits per heavy atom. The zero-order chi connectivity index (χ0) is 20.8. The highest BCUT2D eigenvalue weighted by Gasteiger charge is 2.37. The van der Waals surface area contributed by atoms with Gasteiger partial charge in [-0.25, -0.2) is 0 Å². The fourth-order valence-corrected chi connectivity index (χ4v) is 3.63. The quantitative estimate of drug-likeness (QED) is 0.291. The van der Waals surface area contributed by atoms with Gasteiger partial charge in [-0.2, -0.15) is 0 Å². The van der Waals surface area contributed by atoms with Gasteiger partial charge in [-0.15, -0.1) is 0 Å². The van der Waals surface area contributed by atoms with Crippen LogP contribution >= 0.6 is 24.0 Å². The van der Waals surface area contributed by atoms with Crippen molar-refractivity contribution < 1.29 is 33.7 Å². The van der Waals surface area contributed by atoms with Gasteiger partial charge >= 0.3 is 11.9 Å². The van der Waals surface area contributed by atoms with Crippen molar-refractivity contribution in [2.45, 2.75) is 19.8 Å². The van der Waals surface area contributed by atoms with Crippen molar-refractivity contribution in [2.75, 3.05) is 20.8 Å². The second-order valence-electron chi connectivity index (χ2n) is 5.64. The van der Waals surface area contributed by atoms with E-state index in [1.165, 1.54) is 14.2 Å². The summed E-state index contributed by atoms with van der Waals surface area (Å²) in [5.74, 6) is -1.52. The molecule has 0 aromatic heterocycles. The lowest BCUT2D eigenvalue weighted by Crippen LogP contribution is -2.33. The van der Waals surface area contributed by atoms with E-state index in [0.29, 0.717) is 23.5 Å². The first-order valence-electron chi connectivity index (χ1n) is 8.24. The molecule has 1 heterocycles. The molecular weight excluding hydrogens is 406 g/mol. The van der Waals surface area contributed by atoms with E-state index in [4.69, 9.17) is 31.5 Å². The van der Waals surface area contributed by atoms with Crippen molar-refractivity contribution in [3.63, 3.8) is 0 Å². The third-order valence-electron chi connectivity index (χ3n) is 3.63. The van der Waals surface area contributed by atoms with Crippen LogP contribution in [0.4, 0.5) is 0 Å². The molecule has 1 saturated heterocycles. The van der Waals surface area contributed by atoms with Gasteiger partial charge in [0.25, 0.3) is 5.91 Å². The lowest BCUT2D eigenvalue weighted by molar-refractivity contribution is -0.140. The summed E-state index contributed by atoms with van der Waals surface area (Å²) in [7, 11) is 2.93. The minimum Gasteiger partial charge on any atom is -0.497 e. The number of carbonyl (C=O) groups is 3. The molecule has 0 spiro atoms. The van der Waals surface area contributed by atoms with Crippen LogP contribution < -0.4 is 9.47 Å². The monoisotopic (exact) mass is 425 g/mol. The summed E-state index contributed by atoms with van der Waals surface area (Å²) in [5, 5.41) is 9.01. The molecule has 0 saturated carbocycles. The number of nitrogens with zero attached hydrogens (tertiary/aromatic N) is 1. The molecular formula is C18H19NO7S2. The maximum Gasteiger partial charge on any atom is 0.323 e. The van der Waals surface area contributed by atoms with Gasteiger partial charge in [-0.3, -0.25) is 19.3 Å². The zero-order valence-electron chi connectivity index (χ0n) is 15.5. The Bertz CT molecular complexity index is 828. The summed E-state index contributed by atoms with van der Waals surface area (Å²) < 4.78 is 16.0. The Morgan fingerprint density at radius 3 is 2.29 bits per heavy atom. The van der Waals surface area contributed by atoms with Crippen LogP contribution in [0.25, 0.3) is 5.76 Å². The first-order valence-corrected chi connectivity index (χ1v) is 9.47. The maximum atomic E-state index is 12.8. The molecule has 0 aliphatic carbocycles. The van der Waals surface area contributed by atoms with Crippen molar-refractivity contribution in [2.24, 2.45) is 0 Å². The van der Waals surface area contributed by atoms with Gasteiger partial charge in [0.05, 0.1) is 14.2 Å². The van der Waals surface area contributed by atoms with Gasteiger partial charge in [0.2, 0.25) is 0 Å². The van der Waals surface area contributed by atoms with E-state index in [0.717, 1.165) is 16.7 Å². The number of aliphatic carboxylic acids is 1. The number of carbonyl (C=O) groups excluding carboxylic acids is 2. The largest absolute Gasteiger partial charge is 0.497 e. The van der Waals surface area contributed by atoms with Crippen LogP contribution in [-0.2, 0) is 19.1 Å². The third kappa shape index (κ3) is 5.02. The number of esters is 1. The smallest absolute Gasteiger partial charge is 0.323 e. The molecule has 0 radical (unpaired) electrons. The summed E-state index contributed by atoms with van der Waals surface area (Å²) in [6.45, 7) is 1.24. The molecule has 10 heteroatoms. The van der Waals surface area contributed by atoms with Crippen LogP contribution in [0.1, 0.15) is 25.3 Å². The average molecular weight is 425 g/mol. The SMILES string of the molecule is CCCC(=O)O/C(=C1\SC(=S)N(CC(=O)O)C1=O)c1cc(OC)cc(OC)c1. The number of carboxylic acid groups (broad SMARTS) is 1. The number of thiocarbonyl (C=S) groups is 1. The topological polar surface area (TPSA) is 102 Å². The minimum atomic E-state index is -1.20. The first-order chi connectivity index (χ1) is 13.3. The summed E-state index contributed by atoms with van der Waals surface area (Å²) in [6, 6.07) is 4.80. The van der Waals surface area contributed by atoms with E-state index in [-0.39, 0.29) is 21.4 Å². The number of rotatable bonds is 8. The zero-order valence-corrected chi connectivity index (χ0v) is 17.1. The summed E-state index contributed by atoms with van der Waals surface area (Å²) in [4.78, 5) is 36.9. The predicted molar refractivity (Wildman–Crippen MR) is 107 cm³/mol. The van der Waals surface area contributed by atoms with Gasteiger partial charge < -0.3 is 19.3 Å². The third-order valence-corrected chi connectivity index (χ3v) is 5.06. The van der Waals surface area contributed by atoms with E-state index in [1.807, 2.05) is 6.92 Å². The minimum absolute atomic E-state index is 0.0131. The highest BCUT2D eigenvalue weighted by molar-refractivity contribution is 8.26. The highest BCUT2D eigenvalue weighted by Crippen LogP contribution is 2.39.